The summed E-state index contributed by atoms with van der Waals surface area (Å²) in [5, 5.41) is 3.84. The molecule has 0 aliphatic heterocycles. The number of aromatic nitrogens is 1. The van der Waals surface area contributed by atoms with Crippen LogP contribution in [0.1, 0.15) is 20.3 Å². The van der Waals surface area contributed by atoms with Gasteiger partial charge >= 0.3 is 0 Å². The Morgan fingerprint density at radius 2 is 2.17 bits per heavy atom. The summed E-state index contributed by atoms with van der Waals surface area (Å²) in [5.41, 5.74) is 5.70. The minimum atomic E-state index is -2.91. The van der Waals surface area contributed by atoms with Crippen molar-refractivity contribution >= 4 is 32.2 Å². The first-order valence-electron chi connectivity index (χ1n) is 5.63. The molecule has 8 heteroatoms. The van der Waals surface area contributed by atoms with Gasteiger partial charge in [0.25, 0.3) is 0 Å². The molecule has 1 rings (SSSR count). The largest absolute Gasteiger partial charge is 0.484 e. The first kappa shape index (κ1) is 15.0. The van der Waals surface area contributed by atoms with Crippen LogP contribution in [0.3, 0.4) is 0 Å². The number of nitrogens with zero attached hydrogens (tertiary/aromatic N) is 1. The quantitative estimate of drug-likeness (QED) is 0.737. The SMILES string of the molecule is CC(C)Oc1c(N)nsc1NCCCS(C)(=O)=O. The van der Waals surface area contributed by atoms with Crippen LogP contribution in [-0.2, 0) is 9.84 Å². The lowest BCUT2D eigenvalue weighted by Gasteiger charge is -2.11. The maximum Gasteiger partial charge on any atom is 0.197 e. The molecule has 0 fully saturated rings. The Morgan fingerprint density at radius 1 is 1.50 bits per heavy atom. The standard InChI is InChI=1S/C10H19N3O3S2/c1-7(2)16-8-9(11)13-17-10(8)12-5-4-6-18(3,14)15/h7,12H,4-6H2,1-3H3,(H2,11,13). The van der Waals surface area contributed by atoms with Crippen molar-refractivity contribution in [2.75, 3.05) is 29.6 Å². The van der Waals surface area contributed by atoms with Crippen LogP contribution < -0.4 is 15.8 Å². The van der Waals surface area contributed by atoms with E-state index in [0.717, 1.165) is 5.00 Å². The summed E-state index contributed by atoms with van der Waals surface area (Å²) in [5.74, 6) is 1.07. The lowest BCUT2D eigenvalue weighted by Crippen LogP contribution is -2.11. The minimum absolute atomic E-state index is 0.0141. The highest BCUT2D eigenvalue weighted by Gasteiger charge is 2.14. The molecule has 1 aromatic heterocycles. The van der Waals surface area contributed by atoms with Crippen LogP contribution in [-0.4, -0.2) is 37.4 Å². The molecule has 3 N–H and O–H groups in total. The van der Waals surface area contributed by atoms with Gasteiger partial charge in [-0.15, -0.1) is 0 Å². The second-order valence-electron chi connectivity index (χ2n) is 4.30. The molecular formula is C10H19N3O3S2. The molecule has 104 valence electrons. The number of ether oxygens (including phenoxy) is 1. The Bertz CT molecular complexity index is 483. The third-order valence-electron chi connectivity index (χ3n) is 2.01. The molecular weight excluding hydrogens is 274 g/mol. The first-order chi connectivity index (χ1) is 8.29. The highest BCUT2D eigenvalue weighted by Crippen LogP contribution is 2.35. The van der Waals surface area contributed by atoms with Crippen LogP contribution in [0.15, 0.2) is 0 Å². The van der Waals surface area contributed by atoms with Crippen LogP contribution in [0, 0.1) is 0 Å². The zero-order valence-electron chi connectivity index (χ0n) is 10.8. The van der Waals surface area contributed by atoms with E-state index in [0.29, 0.717) is 24.5 Å². The number of anilines is 2. The average Bonchev–Trinajstić information content (AvgIpc) is 2.54. The van der Waals surface area contributed by atoms with E-state index in [9.17, 15) is 8.42 Å². The van der Waals surface area contributed by atoms with Gasteiger partial charge in [-0.3, -0.25) is 0 Å². The summed E-state index contributed by atoms with van der Waals surface area (Å²) in [6.45, 7) is 4.36. The molecule has 0 saturated heterocycles. The summed E-state index contributed by atoms with van der Waals surface area (Å²) >= 11 is 1.22. The highest BCUT2D eigenvalue weighted by molar-refractivity contribution is 7.90. The second kappa shape index (κ2) is 6.24. The third-order valence-corrected chi connectivity index (χ3v) is 3.84. The maximum absolute atomic E-state index is 11.0. The number of hydrogen-bond donors (Lipinski definition) is 2. The van der Waals surface area contributed by atoms with Crippen molar-refractivity contribution in [3.63, 3.8) is 0 Å². The smallest absolute Gasteiger partial charge is 0.197 e. The van der Waals surface area contributed by atoms with Crippen molar-refractivity contribution in [2.45, 2.75) is 26.4 Å². The van der Waals surface area contributed by atoms with Crippen molar-refractivity contribution in [3.8, 4) is 5.75 Å². The molecule has 18 heavy (non-hydrogen) atoms. The van der Waals surface area contributed by atoms with Gasteiger partial charge in [-0.2, -0.15) is 4.37 Å². The fourth-order valence-electron chi connectivity index (χ4n) is 1.29. The highest BCUT2D eigenvalue weighted by atomic mass is 32.2. The van der Waals surface area contributed by atoms with Crippen molar-refractivity contribution in [3.05, 3.63) is 0 Å². The number of hydrogen-bond acceptors (Lipinski definition) is 7. The molecule has 0 amide bonds. The number of rotatable bonds is 7. The Kier molecular flexibility index (Phi) is 5.21. The fraction of sp³-hybridized carbons (Fsp3) is 0.700. The summed E-state index contributed by atoms with van der Waals surface area (Å²) in [6, 6.07) is 0. The van der Waals surface area contributed by atoms with Crippen molar-refractivity contribution in [2.24, 2.45) is 0 Å². The molecule has 0 aliphatic rings. The van der Waals surface area contributed by atoms with Gasteiger partial charge in [0.1, 0.15) is 9.84 Å². The van der Waals surface area contributed by atoms with Gasteiger partial charge in [-0.25, -0.2) is 8.42 Å². The molecule has 0 aromatic carbocycles. The van der Waals surface area contributed by atoms with E-state index in [4.69, 9.17) is 10.5 Å². The topological polar surface area (TPSA) is 94.3 Å². The average molecular weight is 293 g/mol. The van der Waals surface area contributed by atoms with E-state index in [1.165, 1.54) is 17.8 Å². The van der Waals surface area contributed by atoms with Gasteiger partial charge < -0.3 is 15.8 Å². The molecule has 6 nitrogen and oxygen atoms in total. The van der Waals surface area contributed by atoms with Gasteiger partial charge in [0.2, 0.25) is 0 Å². The molecule has 1 heterocycles. The fourth-order valence-corrected chi connectivity index (χ4v) is 2.64. The first-order valence-corrected chi connectivity index (χ1v) is 8.46. The van der Waals surface area contributed by atoms with Gasteiger partial charge in [0.15, 0.2) is 16.6 Å². The summed E-state index contributed by atoms with van der Waals surface area (Å²) in [6.07, 6.45) is 1.78. The summed E-state index contributed by atoms with van der Waals surface area (Å²) in [4.78, 5) is 0. The van der Waals surface area contributed by atoms with Crippen LogP contribution in [0.25, 0.3) is 0 Å². The summed E-state index contributed by atoms with van der Waals surface area (Å²) < 4.78 is 31.5. The number of nitrogens with one attached hydrogen (secondary N) is 1. The van der Waals surface area contributed by atoms with E-state index in [1.54, 1.807) is 0 Å². The van der Waals surface area contributed by atoms with Gasteiger partial charge in [0, 0.05) is 12.8 Å². The van der Waals surface area contributed by atoms with Gasteiger partial charge in [-0.05, 0) is 31.8 Å². The number of nitrogens with two attached hydrogens (primary N) is 1. The molecule has 0 radical (unpaired) electrons. The molecule has 0 saturated carbocycles. The Morgan fingerprint density at radius 3 is 2.72 bits per heavy atom. The number of sulfone groups is 1. The van der Waals surface area contributed by atoms with Crippen LogP contribution >= 0.6 is 11.5 Å². The van der Waals surface area contributed by atoms with E-state index in [1.807, 2.05) is 13.8 Å². The van der Waals surface area contributed by atoms with Crippen molar-refractivity contribution in [1.82, 2.24) is 4.37 Å². The Labute approximate surface area is 112 Å². The molecule has 0 aliphatic carbocycles. The Balaban J connectivity index is 2.52. The van der Waals surface area contributed by atoms with Gasteiger partial charge in [-0.1, -0.05) is 0 Å². The molecule has 0 spiro atoms. The monoisotopic (exact) mass is 293 g/mol. The van der Waals surface area contributed by atoms with E-state index in [-0.39, 0.29) is 11.9 Å². The van der Waals surface area contributed by atoms with E-state index in [2.05, 4.69) is 9.69 Å². The minimum Gasteiger partial charge on any atom is -0.484 e. The lowest BCUT2D eigenvalue weighted by atomic mass is 10.4. The third kappa shape index (κ3) is 5.09. The molecule has 0 unspecified atom stereocenters. The molecule has 0 bridgehead atoms. The predicted octanol–water partition coefficient (Wildman–Crippen LogP) is 1.36. The second-order valence-corrected chi connectivity index (χ2v) is 7.34. The lowest BCUT2D eigenvalue weighted by molar-refractivity contribution is 0.245. The zero-order valence-corrected chi connectivity index (χ0v) is 12.4. The van der Waals surface area contributed by atoms with Crippen LogP contribution in [0.4, 0.5) is 10.8 Å². The van der Waals surface area contributed by atoms with Crippen molar-refractivity contribution in [1.29, 1.82) is 0 Å². The van der Waals surface area contributed by atoms with Gasteiger partial charge in [0.05, 0.1) is 11.9 Å². The summed E-state index contributed by atoms with van der Waals surface area (Å²) in [7, 11) is -2.91. The van der Waals surface area contributed by atoms with Crippen LogP contribution in [0.5, 0.6) is 5.75 Å². The van der Waals surface area contributed by atoms with E-state index < -0.39 is 9.84 Å². The predicted molar refractivity (Wildman–Crippen MR) is 75.1 cm³/mol. The zero-order chi connectivity index (χ0) is 13.8. The van der Waals surface area contributed by atoms with Crippen molar-refractivity contribution < 1.29 is 13.2 Å². The molecule has 0 atom stereocenters. The number of nitrogen functional groups attached to an aromatic ring is 1. The molecule has 1 aromatic rings. The van der Waals surface area contributed by atoms with Crippen LogP contribution in [0.2, 0.25) is 0 Å². The van der Waals surface area contributed by atoms with E-state index >= 15 is 0 Å². The Hall–Kier alpha value is -1.02. The maximum atomic E-state index is 11.0. The normalized spacial score (nSPS) is 11.8.